The van der Waals surface area contributed by atoms with Gasteiger partial charge in [-0.2, -0.15) is 0 Å². The molecule has 2 aromatic carbocycles. The lowest BCUT2D eigenvalue weighted by Crippen LogP contribution is -2.42. The average Bonchev–Trinajstić information content (AvgIpc) is 2.72. The van der Waals surface area contributed by atoms with E-state index in [2.05, 4.69) is 20.4 Å². The molecule has 2 aromatic rings. The van der Waals surface area contributed by atoms with Gasteiger partial charge in [0.25, 0.3) is 0 Å². The largest absolute Gasteiger partial charge is 0.486 e. The number of benzene rings is 2. The van der Waals surface area contributed by atoms with Gasteiger partial charge in [-0.05, 0) is 43.2 Å². The number of hydrogen-bond donors (Lipinski definition) is 2. The van der Waals surface area contributed by atoms with Crippen molar-refractivity contribution in [2.75, 3.05) is 27.2 Å². The molecule has 0 fully saturated rings. The number of methoxy groups -OCH3 is 1. The fraction of sp³-hybridized carbons (Fsp3) is 0.333. The summed E-state index contributed by atoms with van der Waals surface area (Å²) in [4.78, 5) is 15.6. The van der Waals surface area contributed by atoms with Crippen LogP contribution >= 0.6 is 0 Å². The smallest absolute Gasteiger partial charge is 0.337 e. The molecule has 0 saturated heterocycles. The third-order valence-electron chi connectivity index (χ3n) is 4.03. The van der Waals surface area contributed by atoms with Gasteiger partial charge in [0.15, 0.2) is 17.5 Å². The van der Waals surface area contributed by atoms with E-state index in [1.165, 1.54) is 13.2 Å². The number of nitrogens with zero attached hydrogens (tertiary/aromatic N) is 1. The molecular formula is C21H26FN3O3. The number of rotatable bonds is 8. The number of carbonyl (C=O) groups excluding carboxylic acids is 1. The van der Waals surface area contributed by atoms with Crippen molar-refractivity contribution in [3.8, 4) is 5.75 Å². The zero-order valence-electron chi connectivity index (χ0n) is 16.4. The molecule has 2 rings (SSSR count). The summed E-state index contributed by atoms with van der Waals surface area (Å²) in [5.74, 6) is 0.140. The number of guanidine groups is 1. The van der Waals surface area contributed by atoms with Crippen molar-refractivity contribution < 1.29 is 18.7 Å². The summed E-state index contributed by atoms with van der Waals surface area (Å²) in [6.07, 6.45) is 0.532. The van der Waals surface area contributed by atoms with Crippen LogP contribution in [-0.4, -0.2) is 45.3 Å². The highest BCUT2D eigenvalue weighted by Gasteiger charge is 2.09. The first-order valence-corrected chi connectivity index (χ1v) is 9.06. The standard InChI is InChI=1S/C21H26FN3O3/c1-15(28-19-7-5-4-6-18(19)22)14-25-21(23-2)24-13-12-16-8-10-17(11-9-16)20(26)27-3/h4-11,15H,12-14H2,1-3H3,(H2,23,24,25). The maximum atomic E-state index is 13.6. The third kappa shape index (κ3) is 6.57. The SMILES string of the molecule is CN=C(NCCc1ccc(C(=O)OC)cc1)NCC(C)Oc1ccccc1F. The molecule has 0 bridgehead atoms. The molecule has 0 aromatic heterocycles. The van der Waals surface area contributed by atoms with Crippen molar-refractivity contribution in [1.29, 1.82) is 0 Å². The van der Waals surface area contributed by atoms with Crippen LogP contribution in [0.25, 0.3) is 0 Å². The Hall–Kier alpha value is -3.09. The maximum absolute atomic E-state index is 13.6. The third-order valence-corrected chi connectivity index (χ3v) is 4.03. The summed E-state index contributed by atoms with van der Waals surface area (Å²) < 4.78 is 23.9. The van der Waals surface area contributed by atoms with E-state index in [-0.39, 0.29) is 23.6 Å². The molecule has 0 saturated carbocycles. The van der Waals surface area contributed by atoms with Crippen LogP contribution in [0, 0.1) is 5.82 Å². The molecule has 0 amide bonds. The minimum Gasteiger partial charge on any atom is -0.486 e. The van der Waals surface area contributed by atoms with Crippen molar-refractivity contribution >= 4 is 11.9 Å². The molecular weight excluding hydrogens is 361 g/mol. The number of para-hydroxylation sites is 1. The molecule has 0 aliphatic heterocycles. The number of ether oxygens (including phenoxy) is 2. The summed E-state index contributed by atoms with van der Waals surface area (Å²) >= 11 is 0. The van der Waals surface area contributed by atoms with Gasteiger partial charge >= 0.3 is 5.97 Å². The van der Waals surface area contributed by atoms with Crippen LogP contribution in [-0.2, 0) is 11.2 Å². The van der Waals surface area contributed by atoms with E-state index in [0.717, 1.165) is 12.0 Å². The number of halogens is 1. The van der Waals surface area contributed by atoms with Crippen molar-refractivity contribution in [1.82, 2.24) is 10.6 Å². The minimum absolute atomic E-state index is 0.232. The molecule has 28 heavy (non-hydrogen) atoms. The van der Waals surface area contributed by atoms with Gasteiger partial charge in [-0.3, -0.25) is 4.99 Å². The van der Waals surface area contributed by atoms with E-state index >= 15 is 0 Å². The van der Waals surface area contributed by atoms with Gasteiger partial charge in [-0.15, -0.1) is 0 Å². The van der Waals surface area contributed by atoms with E-state index in [1.807, 2.05) is 19.1 Å². The molecule has 0 radical (unpaired) electrons. The van der Waals surface area contributed by atoms with Crippen LogP contribution in [0.2, 0.25) is 0 Å². The molecule has 2 N–H and O–H groups in total. The average molecular weight is 387 g/mol. The molecule has 0 heterocycles. The van der Waals surface area contributed by atoms with E-state index < -0.39 is 0 Å². The molecule has 7 heteroatoms. The van der Waals surface area contributed by atoms with Gasteiger partial charge in [-0.1, -0.05) is 24.3 Å². The molecule has 1 atom stereocenters. The summed E-state index contributed by atoms with van der Waals surface area (Å²) in [7, 11) is 3.05. The lowest BCUT2D eigenvalue weighted by Gasteiger charge is -2.18. The normalized spacial score (nSPS) is 12.2. The van der Waals surface area contributed by atoms with Crippen LogP contribution in [0.3, 0.4) is 0 Å². The summed E-state index contributed by atoms with van der Waals surface area (Å²) in [6, 6.07) is 13.6. The number of nitrogens with one attached hydrogen (secondary N) is 2. The number of aliphatic imine (C=N–C) groups is 1. The van der Waals surface area contributed by atoms with Crippen LogP contribution in [0.1, 0.15) is 22.8 Å². The highest BCUT2D eigenvalue weighted by Crippen LogP contribution is 2.16. The predicted molar refractivity (Wildman–Crippen MR) is 107 cm³/mol. The van der Waals surface area contributed by atoms with Crippen molar-refractivity contribution in [2.45, 2.75) is 19.4 Å². The van der Waals surface area contributed by atoms with Crippen LogP contribution in [0.5, 0.6) is 5.75 Å². The second kappa shape index (κ2) is 10.9. The fourth-order valence-electron chi connectivity index (χ4n) is 2.51. The summed E-state index contributed by atoms with van der Waals surface area (Å²) in [5.41, 5.74) is 1.62. The van der Waals surface area contributed by atoms with E-state index in [0.29, 0.717) is 24.6 Å². The van der Waals surface area contributed by atoms with Crippen LogP contribution in [0.4, 0.5) is 4.39 Å². The zero-order chi connectivity index (χ0) is 20.4. The Morgan fingerprint density at radius 2 is 1.86 bits per heavy atom. The number of esters is 1. The quantitative estimate of drug-likeness (QED) is 0.414. The van der Waals surface area contributed by atoms with Crippen LogP contribution < -0.4 is 15.4 Å². The molecule has 6 nitrogen and oxygen atoms in total. The monoisotopic (exact) mass is 387 g/mol. The van der Waals surface area contributed by atoms with Crippen LogP contribution in [0.15, 0.2) is 53.5 Å². The second-order valence-electron chi connectivity index (χ2n) is 6.18. The Kier molecular flexibility index (Phi) is 8.27. The number of hydrogen-bond acceptors (Lipinski definition) is 4. The molecule has 0 spiro atoms. The van der Waals surface area contributed by atoms with E-state index in [9.17, 15) is 9.18 Å². The fourth-order valence-corrected chi connectivity index (χ4v) is 2.51. The predicted octanol–water partition coefficient (Wildman–Crippen LogP) is 2.79. The lowest BCUT2D eigenvalue weighted by molar-refractivity contribution is 0.0600. The van der Waals surface area contributed by atoms with Crippen molar-refractivity contribution in [3.05, 3.63) is 65.5 Å². The highest BCUT2D eigenvalue weighted by atomic mass is 19.1. The summed E-state index contributed by atoms with van der Waals surface area (Å²) in [6.45, 7) is 3.00. The van der Waals surface area contributed by atoms with Gasteiger partial charge in [0.1, 0.15) is 6.10 Å². The Labute approximate surface area is 164 Å². The topological polar surface area (TPSA) is 72.0 Å². The van der Waals surface area contributed by atoms with Gasteiger partial charge in [0.05, 0.1) is 19.2 Å². The highest BCUT2D eigenvalue weighted by molar-refractivity contribution is 5.89. The van der Waals surface area contributed by atoms with Gasteiger partial charge in [0, 0.05) is 13.6 Å². The summed E-state index contributed by atoms with van der Waals surface area (Å²) in [5, 5.41) is 6.37. The first-order valence-electron chi connectivity index (χ1n) is 9.06. The maximum Gasteiger partial charge on any atom is 0.337 e. The van der Waals surface area contributed by atoms with Gasteiger partial charge < -0.3 is 20.1 Å². The Balaban J connectivity index is 1.74. The Bertz CT molecular complexity index is 794. The molecule has 0 aliphatic rings. The minimum atomic E-state index is -0.380. The molecule has 1 unspecified atom stereocenters. The zero-order valence-corrected chi connectivity index (χ0v) is 16.4. The first kappa shape index (κ1) is 21.2. The first-order chi connectivity index (χ1) is 13.5. The van der Waals surface area contributed by atoms with E-state index in [4.69, 9.17) is 4.74 Å². The number of carbonyl (C=O) groups is 1. The van der Waals surface area contributed by atoms with E-state index in [1.54, 1.807) is 37.4 Å². The second-order valence-corrected chi connectivity index (χ2v) is 6.18. The Morgan fingerprint density at radius 1 is 1.14 bits per heavy atom. The molecule has 0 aliphatic carbocycles. The van der Waals surface area contributed by atoms with Crippen molar-refractivity contribution in [2.24, 2.45) is 4.99 Å². The van der Waals surface area contributed by atoms with Crippen molar-refractivity contribution in [3.63, 3.8) is 0 Å². The lowest BCUT2D eigenvalue weighted by atomic mass is 10.1. The Morgan fingerprint density at radius 3 is 2.50 bits per heavy atom. The van der Waals surface area contributed by atoms with Gasteiger partial charge in [-0.25, -0.2) is 9.18 Å². The van der Waals surface area contributed by atoms with Gasteiger partial charge in [0.2, 0.25) is 0 Å². The molecule has 150 valence electrons.